The molecule has 0 aromatic heterocycles. The summed E-state index contributed by atoms with van der Waals surface area (Å²) < 4.78 is 47.3. The van der Waals surface area contributed by atoms with Gasteiger partial charge in [0.25, 0.3) is 0 Å². The Morgan fingerprint density at radius 1 is 0.306 bits per heavy atom. The Morgan fingerprint density at radius 2 is 0.549 bits per heavy atom. The van der Waals surface area contributed by atoms with E-state index in [-0.39, 0.29) is 56.2 Å². The highest BCUT2D eigenvalue weighted by Crippen LogP contribution is 2.45. The molecule has 10 aliphatic heterocycles. The van der Waals surface area contributed by atoms with Crippen LogP contribution in [-0.2, 0) is 47.8 Å². The Hall–Kier alpha value is -3.29. The van der Waals surface area contributed by atoms with Crippen molar-refractivity contribution in [2.24, 2.45) is 78.8 Å². The molecule has 0 spiro atoms. The maximum Gasteiger partial charge on any atom is 0.389 e. The second kappa shape index (κ2) is 63.5. The van der Waals surface area contributed by atoms with Crippen LogP contribution in [-0.4, -0.2) is 282 Å². The van der Waals surface area contributed by atoms with E-state index in [0.717, 1.165) is 310 Å². The Labute approximate surface area is 882 Å². The molecule has 11 aliphatic rings. The number of hydrogen-bond donors (Lipinski definition) is 1. The van der Waals surface area contributed by atoms with Gasteiger partial charge in [-0.25, -0.2) is 0 Å². The van der Waals surface area contributed by atoms with E-state index in [1.54, 1.807) is 6.92 Å². The smallest absolute Gasteiger partial charge is 0.389 e. The van der Waals surface area contributed by atoms with Gasteiger partial charge < -0.3 is 53.8 Å². The molecule has 1 aliphatic carbocycles. The van der Waals surface area contributed by atoms with Crippen LogP contribution in [0.25, 0.3) is 0 Å². The fourth-order valence-electron chi connectivity index (χ4n) is 22.5. The minimum absolute atomic E-state index is 0.000278. The first-order valence-electron chi connectivity index (χ1n) is 59.2. The number of ether oxygens (including phenoxy) is 2. The van der Waals surface area contributed by atoms with Crippen LogP contribution in [0.3, 0.4) is 0 Å². The lowest BCUT2D eigenvalue weighted by Gasteiger charge is -2.42. The minimum atomic E-state index is -4.23. The Balaban J connectivity index is 0.000000343. The third-order valence-electron chi connectivity index (χ3n) is 37.2. The van der Waals surface area contributed by atoms with Gasteiger partial charge in [-0.1, -0.05) is 117 Å². The van der Waals surface area contributed by atoms with Gasteiger partial charge in [0.1, 0.15) is 46.3 Å². The molecule has 19 nitrogen and oxygen atoms in total. The predicted octanol–water partition coefficient (Wildman–Crippen LogP) is 26.3. The number of halogens is 3. The van der Waals surface area contributed by atoms with Gasteiger partial charge in [0.05, 0.1) is 18.6 Å². The van der Waals surface area contributed by atoms with E-state index in [4.69, 9.17) is 9.47 Å². The van der Waals surface area contributed by atoms with Crippen molar-refractivity contribution >= 4 is 46.3 Å². The summed E-state index contributed by atoms with van der Waals surface area (Å²) in [4.78, 5) is 118. The van der Waals surface area contributed by atoms with Crippen LogP contribution < -0.4 is 0 Å². The highest BCUT2D eigenvalue weighted by molar-refractivity contribution is 5.88. The molecule has 10 saturated heterocycles. The summed E-state index contributed by atoms with van der Waals surface area (Å²) in [7, 11) is 0. The number of alkyl halides is 3. The summed E-state index contributed by atoms with van der Waals surface area (Å²) in [6.45, 7) is 89.0. The Morgan fingerprint density at radius 3 is 0.785 bits per heavy atom. The van der Waals surface area contributed by atoms with Crippen LogP contribution in [0.4, 0.5) is 13.2 Å². The minimum Gasteiger partial charge on any atom is -0.393 e. The van der Waals surface area contributed by atoms with Gasteiger partial charge in [0.2, 0.25) is 0 Å². The molecular weight excluding hydrogens is 1810 g/mol. The summed E-state index contributed by atoms with van der Waals surface area (Å²) in [5.74, 6) is 7.12. The van der Waals surface area contributed by atoms with Crippen molar-refractivity contribution < 1.29 is 66.1 Å². The number of hydrogen-bond acceptors (Lipinski definition) is 19. The number of rotatable bonds is 40. The zero-order valence-electron chi connectivity index (χ0n) is 99.3. The lowest BCUT2D eigenvalue weighted by molar-refractivity contribution is -0.148. The normalized spacial score (nSPS) is 23.3. The van der Waals surface area contributed by atoms with Crippen molar-refractivity contribution in [3.8, 4) is 0 Å². The van der Waals surface area contributed by atoms with Gasteiger partial charge in [-0.2, -0.15) is 13.2 Å². The third-order valence-corrected chi connectivity index (χ3v) is 37.2. The van der Waals surface area contributed by atoms with Gasteiger partial charge in [-0.15, -0.1) is 0 Å². The predicted molar refractivity (Wildman–Crippen MR) is 593 cm³/mol. The van der Waals surface area contributed by atoms with Crippen LogP contribution in [0.15, 0.2) is 0 Å². The van der Waals surface area contributed by atoms with Gasteiger partial charge in [0, 0.05) is 163 Å². The van der Waals surface area contributed by atoms with Crippen molar-refractivity contribution in [3.63, 3.8) is 0 Å². The van der Waals surface area contributed by atoms with Crippen LogP contribution in [0.5, 0.6) is 0 Å². The number of nitrogens with zero attached hydrogens (tertiary/aromatic N) is 8. The molecule has 0 aromatic rings. The first-order chi connectivity index (χ1) is 67.0. The molecule has 0 amide bonds. The molecule has 0 aromatic carbocycles. The van der Waals surface area contributed by atoms with Crippen molar-refractivity contribution in [3.05, 3.63) is 0 Å². The number of aliphatic hydroxyl groups excluding tert-OH is 1. The summed E-state index contributed by atoms with van der Waals surface area (Å²) in [5.41, 5.74) is -0.965. The molecule has 22 heteroatoms. The van der Waals surface area contributed by atoms with Gasteiger partial charge in [-0.05, 0) is 431 Å². The van der Waals surface area contributed by atoms with Gasteiger partial charge >= 0.3 is 6.18 Å². The van der Waals surface area contributed by atoms with E-state index in [1.807, 2.05) is 6.92 Å². The number of aliphatic hydroxyl groups is 1. The van der Waals surface area contributed by atoms with E-state index >= 15 is 0 Å². The molecule has 3 atom stereocenters. The zero-order chi connectivity index (χ0) is 109. The van der Waals surface area contributed by atoms with Crippen molar-refractivity contribution in [1.82, 2.24) is 39.2 Å². The topological polar surface area (TPSA) is 201 Å². The van der Waals surface area contributed by atoms with Gasteiger partial charge in [0.15, 0.2) is 0 Å². The van der Waals surface area contributed by atoms with Crippen LogP contribution in [0.1, 0.15) is 466 Å². The summed E-state index contributed by atoms with van der Waals surface area (Å²) in [5, 5.41) is 9.24. The van der Waals surface area contributed by atoms with Crippen molar-refractivity contribution in [2.75, 3.05) is 125 Å². The maximum atomic E-state index is 12.6. The van der Waals surface area contributed by atoms with E-state index in [9.17, 15) is 56.6 Å². The molecular formula is C122H227F3N8O11. The molecule has 1 saturated carbocycles. The summed E-state index contributed by atoms with van der Waals surface area (Å²) >= 11 is 0. The Kier molecular flexibility index (Phi) is 58.7. The monoisotopic (exact) mass is 2040 g/mol. The van der Waals surface area contributed by atoms with Gasteiger partial charge in [-0.3, -0.25) is 38.4 Å². The standard InChI is InChI=1S/C17H31NO2.C16H29NO2.2C16H31NO.C15H27NO.C15H29NO.C14H27NO2.C13H22F3NO/c1-14(2)18-10-8-17(3,9-11-18)16(19)5-4-15-6-12-20-13-7-15;1-13(2)17-10-8-16(3,9-11-17)15(18)7-6-14-5-4-12-19-14;1-12(2)14(5)11-15(18)16(6)7-9-17(10-8-16)13(3)4;1-6-16(15(18)8-7-13(2)3)9-11-17(12-10-16)14(4)5;1-12(2)16-10-8-15(3,9-11-16)14(17)7-6-13-4-5-13;1-12(2)6-7-14(17)15(5)8-10-16(11-9-15)13(3)4;1-11(2)15-9-7-14(4,8-10-15)13(17)6-5-12(3)16;1-10(2)17-8-6-12(3,7-9-17)11(18)4-5-13(14,15)16/h14-15H,4-13H2,1-3H3;13-14H,4-12H2,1-3H3;12-14H,7-11H2,1-6H3;13-14H,6-12H2,1-5H3;12-13H,4-11H2,1-3H3;12-13H,6-11H2,1-5H3;11-12,16H,5-10H2,1-4H3;10H,4-9H2,1-3H3. The number of carbonyl (C=O) groups excluding carboxylic acids is 8. The lowest BCUT2D eigenvalue weighted by Crippen LogP contribution is -2.46. The van der Waals surface area contributed by atoms with Crippen LogP contribution in [0.2, 0.25) is 0 Å². The summed E-state index contributed by atoms with van der Waals surface area (Å²) in [6, 6.07) is 4.69. The average Bonchev–Trinajstić information content (AvgIpc) is 1.70. The molecule has 11 rings (SSSR count). The Bertz CT molecular complexity index is 3500. The highest BCUT2D eigenvalue weighted by atomic mass is 19.4. The number of likely N-dealkylation sites (tertiary alicyclic amines) is 8. The second-order valence-corrected chi connectivity index (χ2v) is 52.5. The highest BCUT2D eigenvalue weighted by Gasteiger charge is 2.47. The zero-order valence-corrected chi connectivity index (χ0v) is 99.3. The van der Waals surface area contributed by atoms with Crippen molar-refractivity contribution in [2.45, 2.75) is 532 Å². The van der Waals surface area contributed by atoms with E-state index < -0.39 is 18.0 Å². The molecule has 1 N–H and O–H groups in total. The molecule has 11 fully saturated rings. The second-order valence-electron chi connectivity index (χ2n) is 52.5. The maximum absolute atomic E-state index is 12.6. The lowest BCUT2D eigenvalue weighted by atomic mass is 9.71. The molecule has 0 bridgehead atoms. The van der Waals surface area contributed by atoms with E-state index in [0.29, 0.717) is 157 Å². The van der Waals surface area contributed by atoms with E-state index in [1.165, 1.54) is 19.3 Å². The average molecular weight is 2040 g/mol. The number of Topliss-reactive ketones (excluding diaryl/α,β-unsaturated/α-hetero) is 8. The van der Waals surface area contributed by atoms with Crippen LogP contribution in [0, 0.1) is 78.8 Å². The first kappa shape index (κ1) is 133. The fourth-order valence-corrected chi connectivity index (χ4v) is 22.5. The van der Waals surface area contributed by atoms with Crippen molar-refractivity contribution in [1.29, 1.82) is 0 Å². The number of carbonyl (C=O) groups is 8. The molecule has 842 valence electrons. The van der Waals surface area contributed by atoms with E-state index in [2.05, 4.69) is 247 Å². The molecule has 0 radical (unpaired) electrons. The van der Waals surface area contributed by atoms with Crippen LogP contribution >= 0.6 is 0 Å². The SMILES string of the molecule is CC(C)C(C)CC(=O)C1(C)CCN(C(C)C)CC1.CC(C)CCC(=O)C1(C)CCN(C(C)C)CC1.CC(C)N1CCC(C)(C(=O)CCC(F)(F)F)CC1.CC(C)N1CCC(C)(C(=O)CCC2CC2)CC1.CC(C)N1CCC(C)(C(=O)CCC2CCCO2)CC1.CC(C)N1CCC(C)(C(=O)CCC2CCOCC2)CC1.CC(O)CCC(=O)C1(C)CCN(C(C)C)CC1.CCC1(C(=O)CCC(C)C)CCN(C(C)C)CC1. The first-order valence-corrected chi connectivity index (χ1v) is 59.2. The molecule has 3 unspecified atom stereocenters. The fraction of sp³-hybridized carbons (Fsp3) is 0.934. The number of ketones is 8. The molecule has 144 heavy (non-hydrogen) atoms. The number of piperidine rings is 8. The largest absolute Gasteiger partial charge is 0.393 e. The third kappa shape index (κ3) is 46.6. The molecule has 10 heterocycles. The summed E-state index contributed by atoms with van der Waals surface area (Å²) in [6.07, 6.45) is 29.6. The quantitative estimate of drug-likeness (QED) is 0.0606.